The van der Waals surface area contributed by atoms with Crippen LogP contribution in [-0.2, 0) is 32.3 Å². The van der Waals surface area contributed by atoms with E-state index in [1.165, 1.54) is 4.90 Å². The Bertz CT molecular complexity index is 1260. The van der Waals surface area contributed by atoms with Crippen LogP contribution in [0.1, 0.15) is 50.8 Å². The monoisotopic (exact) mass is 575 g/mol. The summed E-state index contributed by atoms with van der Waals surface area (Å²) in [5.74, 6) is -1.22. The van der Waals surface area contributed by atoms with Gasteiger partial charge >= 0.3 is 6.18 Å². The number of carbonyl (C=O) groups excluding carboxylic acids is 2. The van der Waals surface area contributed by atoms with E-state index in [1.807, 2.05) is 19.1 Å². The average Bonchev–Trinajstić information content (AvgIpc) is 2.76. The summed E-state index contributed by atoms with van der Waals surface area (Å²) in [6.07, 6.45) is -3.78. The van der Waals surface area contributed by atoms with E-state index >= 15 is 0 Å². The Morgan fingerprint density at radius 2 is 1.63 bits per heavy atom. The third-order valence-electron chi connectivity index (χ3n) is 5.58. The van der Waals surface area contributed by atoms with Gasteiger partial charge in [-0.1, -0.05) is 48.4 Å². The van der Waals surface area contributed by atoms with Gasteiger partial charge in [0.05, 0.1) is 22.5 Å². The summed E-state index contributed by atoms with van der Waals surface area (Å²) in [6.45, 7) is 8.07. The van der Waals surface area contributed by atoms with Crippen molar-refractivity contribution in [3.05, 3.63) is 64.2 Å². The maximum absolute atomic E-state index is 13.7. The van der Waals surface area contributed by atoms with Gasteiger partial charge in [0.2, 0.25) is 21.8 Å². The molecular formula is C26H33ClF3N3O4S. The highest BCUT2D eigenvalue weighted by atomic mass is 35.5. The first-order valence-electron chi connectivity index (χ1n) is 11.8. The molecule has 0 saturated carbocycles. The Kier molecular flexibility index (Phi) is 9.88. The number of anilines is 1. The number of nitrogens with one attached hydrogen (secondary N) is 1. The highest BCUT2D eigenvalue weighted by Gasteiger charge is 2.35. The van der Waals surface area contributed by atoms with E-state index in [0.717, 1.165) is 24.0 Å². The number of alkyl halides is 3. The largest absolute Gasteiger partial charge is 0.416 e. The second-order valence-electron chi connectivity index (χ2n) is 10.1. The van der Waals surface area contributed by atoms with Crippen molar-refractivity contribution in [2.24, 2.45) is 0 Å². The van der Waals surface area contributed by atoms with Gasteiger partial charge in [0.25, 0.3) is 0 Å². The van der Waals surface area contributed by atoms with Gasteiger partial charge in [-0.2, -0.15) is 13.2 Å². The maximum Gasteiger partial charge on any atom is 0.416 e. The molecule has 1 N–H and O–H groups in total. The van der Waals surface area contributed by atoms with Gasteiger partial charge in [0.15, 0.2) is 0 Å². The molecule has 0 aliphatic rings. The molecule has 0 aliphatic carbocycles. The van der Waals surface area contributed by atoms with E-state index in [1.54, 1.807) is 39.8 Å². The minimum Gasteiger partial charge on any atom is -0.350 e. The molecule has 0 spiro atoms. The Morgan fingerprint density at radius 1 is 1.05 bits per heavy atom. The Balaban J connectivity index is 2.56. The molecule has 1 atom stereocenters. The second kappa shape index (κ2) is 11.9. The standard InChI is InChI=1S/C26H33ClF3N3O4S/c1-7-21(24(35)31-25(3,4)5)32(15-18-10-8-17(2)9-11-18)23(34)16-33(38(6,36)37)22-14-19(26(28,29)30)12-13-20(22)27/h8-14,21H,7,15-16H2,1-6H3,(H,31,35)/t21-/m1/s1. The molecule has 0 bridgehead atoms. The van der Waals surface area contributed by atoms with E-state index in [0.29, 0.717) is 15.9 Å². The number of amides is 2. The van der Waals surface area contributed by atoms with Gasteiger partial charge in [-0.15, -0.1) is 0 Å². The Hall–Kier alpha value is -2.79. The molecule has 2 amide bonds. The molecule has 0 aromatic heterocycles. The van der Waals surface area contributed by atoms with E-state index < -0.39 is 57.4 Å². The van der Waals surface area contributed by atoms with Crippen molar-refractivity contribution in [2.75, 3.05) is 17.1 Å². The first-order valence-corrected chi connectivity index (χ1v) is 14.1. The summed E-state index contributed by atoms with van der Waals surface area (Å²) in [6, 6.07) is 8.49. The van der Waals surface area contributed by atoms with Gasteiger partial charge < -0.3 is 10.2 Å². The van der Waals surface area contributed by atoms with E-state index in [2.05, 4.69) is 5.32 Å². The lowest BCUT2D eigenvalue weighted by molar-refractivity contribution is -0.141. The SMILES string of the molecule is CC[C@H](C(=O)NC(C)(C)C)N(Cc1ccc(C)cc1)C(=O)CN(c1cc(C(F)(F)F)ccc1Cl)S(C)(=O)=O. The molecule has 7 nitrogen and oxygen atoms in total. The molecule has 2 rings (SSSR count). The fourth-order valence-electron chi connectivity index (χ4n) is 3.74. The van der Waals surface area contributed by atoms with Crippen molar-refractivity contribution in [1.82, 2.24) is 10.2 Å². The Labute approximate surface area is 227 Å². The molecule has 210 valence electrons. The number of nitrogens with zero attached hydrogens (tertiary/aromatic N) is 2. The van der Waals surface area contributed by atoms with Crippen LogP contribution in [0.15, 0.2) is 42.5 Å². The highest BCUT2D eigenvalue weighted by molar-refractivity contribution is 7.92. The summed E-state index contributed by atoms with van der Waals surface area (Å²) in [5.41, 5.74) is -0.543. The first-order chi connectivity index (χ1) is 17.3. The first kappa shape index (κ1) is 31.4. The average molecular weight is 576 g/mol. The lowest BCUT2D eigenvalue weighted by Crippen LogP contribution is -2.55. The zero-order valence-electron chi connectivity index (χ0n) is 22.2. The van der Waals surface area contributed by atoms with Crippen molar-refractivity contribution in [2.45, 2.75) is 65.3 Å². The molecule has 0 fully saturated rings. The summed E-state index contributed by atoms with van der Waals surface area (Å²) in [5, 5.41) is 2.56. The third-order valence-corrected chi connectivity index (χ3v) is 7.03. The van der Waals surface area contributed by atoms with Crippen molar-refractivity contribution < 1.29 is 31.2 Å². The number of sulfonamides is 1. The Morgan fingerprint density at radius 3 is 2.11 bits per heavy atom. The fraction of sp³-hybridized carbons (Fsp3) is 0.462. The predicted molar refractivity (Wildman–Crippen MR) is 142 cm³/mol. The van der Waals surface area contributed by atoms with Gasteiger partial charge in [-0.25, -0.2) is 8.42 Å². The van der Waals surface area contributed by atoms with Crippen LogP contribution in [0.25, 0.3) is 0 Å². The summed E-state index contributed by atoms with van der Waals surface area (Å²) in [7, 11) is -4.26. The van der Waals surface area contributed by atoms with Crippen LogP contribution in [0.3, 0.4) is 0 Å². The van der Waals surface area contributed by atoms with Gasteiger partial charge in [0, 0.05) is 12.1 Å². The van der Waals surface area contributed by atoms with Crippen LogP contribution in [0, 0.1) is 6.92 Å². The van der Waals surface area contributed by atoms with Crippen LogP contribution < -0.4 is 9.62 Å². The van der Waals surface area contributed by atoms with Crippen LogP contribution in [0.4, 0.5) is 18.9 Å². The number of carbonyl (C=O) groups is 2. The zero-order valence-corrected chi connectivity index (χ0v) is 23.8. The summed E-state index contributed by atoms with van der Waals surface area (Å²) in [4.78, 5) is 28.1. The molecule has 0 heterocycles. The third kappa shape index (κ3) is 8.62. The lowest BCUT2D eigenvalue weighted by Gasteiger charge is -2.34. The summed E-state index contributed by atoms with van der Waals surface area (Å²) < 4.78 is 66.0. The molecule has 0 unspecified atom stereocenters. The molecule has 0 radical (unpaired) electrons. The van der Waals surface area contributed by atoms with E-state index in [4.69, 9.17) is 11.6 Å². The molecular weight excluding hydrogens is 543 g/mol. The molecule has 2 aromatic carbocycles. The predicted octanol–water partition coefficient (Wildman–Crippen LogP) is 5.16. The number of hydrogen-bond donors (Lipinski definition) is 1. The van der Waals surface area contributed by atoms with Crippen LogP contribution >= 0.6 is 11.6 Å². The zero-order chi connectivity index (χ0) is 29.1. The normalized spacial score (nSPS) is 13.1. The second-order valence-corrected chi connectivity index (χ2v) is 12.4. The number of aryl methyl sites for hydroxylation is 1. The van der Waals surface area contributed by atoms with Gasteiger partial charge in [-0.3, -0.25) is 13.9 Å². The highest BCUT2D eigenvalue weighted by Crippen LogP contribution is 2.36. The molecule has 38 heavy (non-hydrogen) atoms. The minimum atomic E-state index is -4.76. The van der Waals surface area contributed by atoms with Crippen LogP contribution in [0.5, 0.6) is 0 Å². The fourth-order valence-corrected chi connectivity index (χ4v) is 4.86. The molecule has 0 saturated heterocycles. The lowest BCUT2D eigenvalue weighted by atomic mass is 10.1. The number of hydrogen-bond acceptors (Lipinski definition) is 4. The van der Waals surface area contributed by atoms with Crippen molar-refractivity contribution in [1.29, 1.82) is 0 Å². The minimum absolute atomic E-state index is 0.0247. The van der Waals surface area contributed by atoms with Gasteiger partial charge in [0.1, 0.15) is 12.6 Å². The van der Waals surface area contributed by atoms with Crippen LogP contribution in [0.2, 0.25) is 5.02 Å². The quantitative estimate of drug-likeness (QED) is 0.448. The van der Waals surface area contributed by atoms with E-state index in [9.17, 15) is 31.2 Å². The number of benzene rings is 2. The van der Waals surface area contributed by atoms with Crippen molar-refractivity contribution in [3.8, 4) is 0 Å². The molecule has 0 aliphatic heterocycles. The number of rotatable bonds is 9. The smallest absolute Gasteiger partial charge is 0.350 e. The van der Waals surface area contributed by atoms with Crippen LogP contribution in [-0.4, -0.2) is 49.5 Å². The molecule has 2 aromatic rings. The topological polar surface area (TPSA) is 86.8 Å². The van der Waals surface area contributed by atoms with E-state index in [-0.39, 0.29) is 18.0 Å². The summed E-state index contributed by atoms with van der Waals surface area (Å²) >= 11 is 6.11. The van der Waals surface area contributed by atoms with Crippen molar-refractivity contribution >= 4 is 39.1 Å². The van der Waals surface area contributed by atoms with Gasteiger partial charge in [-0.05, 0) is 57.9 Å². The van der Waals surface area contributed by atoms with Crippen molar-refractivity contribution in [3.63, 3.8) is 0 Å². The molecule has 12 heteroatoms. The number of halogens is 4. The maximum atomic E-state index is 13.7.